The number of carbonyl (C=O) groups is 3. The van der Waals surface area contributed by atoms with Crippen molar-refractivity contribution >= 4 is 34.2 Å². The summed E-state index contributed by atoms with van der Waals surface area (Å²) >= 11 is 1.08. The molecule has 2 rings (SSSR count). The van der Waals surface area contributed by atoms with Gasteiger partial charge in [-0.2, -0.15) is 0 Å². The lowest BCUT2D eigenvalue weighted by atomic mass is 10.1. The summed E-state index contributed by atoms with van der Waals surface area (Å²) in [5.41, 5.74) is 0.750. The van der Waals surface area contributed by atoms with E-state index in [1.54, 1.807) is 0 Å². The van der Waals surface area contributed by atoms with Gasteiger partial charge in [0.1, 0.15) is 5.00 Å². The Morgan fingerprint density at radius 1 is 1.19 bits per heavy atom. The lowest BCUT2D eigenvalue weighted by Crippen LogP contribution is -2.24. The van der Waals surface area contributed by atoms with Crippen molar-refractivity contribution < 1.29 is 24.2 Å². The summed E-state index contributed by atoms with van der Waals surface area (Å²) in [6.07, 6.45) is 0. The number of amides is 1. The normalized spacial score (nSPS) is 9.95. The number of anilines is 1. The zero-order chi connectivity index (χ0) is 15.4. The molecule has 0 saturated carbocycles. The van der Waals surface area contributed by atoms with Crippen molar-refractivity contribution in [3.8, 4) is 10.4 Å². The van der Waals surface area contributed by atoms with Crippen LogP contribution >= 0.6 is 11.3 Å². The molecule has 0 aliphatic heterocycles. The molecule has 7 heteroatoms. The summed E-state index contributed by atoms with van der Waals surface area (Å²) in [5, 5.41) is 11.5. The molecule has 1 amide bonds. The largest absolute Gasteiger partial charge is 0.478 e. The maximum absolute atomic E-state index is 11.5. The van der Waals surface area contributed by atoms with Gasteiger partial charge in [0.15, 0.2) is 0 Å². The van der Waals surface area contributed by atoms with Crippen molar-refractivity contribution in [3.63, 3.8) is 0 Å². The second-order valence-electron chi connectivity index (χ2n) is 3.97. The number of benzene rings is 1. The minimum atomic E-state index is -1.19. The molecule has 21 heavy (non-hydrogen) atoms. The molecule has 1 heterocycles. The molecule has 0 unspecified atom stereocenters. The highest BCUT2D eigenvalue weighted by atomic mass is 32.1. The van der Waals surface area contributed by atoms with Crippen LogP contribution in [0.1, 0.15) is 10.4 Å². The molecule has 6 nitrogen and oxygen atoms in total. The molecular weight excluding hydrogens is 294 g/mol. The van der Waals surface area contributed by atoms with Crippen LogP contribution in [-0.4, -0.2) is 30.1 Å². The molecule has 0 fully saturated rings. The van der Waals surface area contributed by atoms with Gasteiger partial charge in [-0.05, 0) is 11.6 Å². The Labute approximate surface area is 124 Å². The maximum atomic E-state index is 11.5. The monoisotopic (exact) mass is 305 g/mol. The number of carboxylic acids is 1. The van der Waals surface area contributed by atoms with Gasteiger partial charge in [-0.25, -0.2) is 9.59 Å². The maximum Gasteiger partial charge on any atom is 0.396 e. The predicted octanol–water partition coefficient (Wildman–Crippen LogP) is 2.22. The van der Waals surface area contributed by atoms with Gasteiger partial charge in [0.05, 0.1) is 12.7 Å². The van der Waals surface area contributed by atoms with E-state index < -0.39 is 17.8 Å². The summed E-state index contributed by atoms with van der Waals surface area (Å²) in [6, 6.07) is 10.6. The molecule has 2 aromatic rings. The summed E-state index contributed by atoms with van der Waals surface area (Å²) in [7, 11) is 1.07. The fourth-order valence-corrected chi connectivity index (χ4v) is 2.68. The van der Waals surface area contributed by atoms with E-state index in [0.717, 1.165) is 24.0 Å². The number of carboxylic acid groups (broad SMARTS) is 1. The zero-order valence-corrected chi connectivity index (χ0v) is 11.8. The van der Waals surface area contributed by atoms with Gasteiger partial charge in [0.25, 0.3) is 0 Å². The van der Waals surface area contributed by atoms with E-state index in [-0.39, 0.29) is 10.6 Å². The second kappa shape index (κ2) is 6.19. The van der Waals surface area contributed by atoms with Gasteiger partial charge in [-0.3, -0.25) is 4.79 Å². The Morgan fingerprint density at radius 3 is 2.43 bits per heavy atom. The van der Waals surface area contributed by atoms with E-state index in [0.29, 0.717) is 4.88 Å². The first kappa shape index (κ1) is 14.7. The number of hydrogen-bond donors (Lipinski definition) is 2. The highest BCUT2D eigenvalue weighted by Gasteiger charge is 2.21. The van der Waals surface area contributed by atoms with Gasteiger partial charge in [-0.1, -0.05) is 30.3 Å². The Morgan fingerprint density at radius 2 is 1.86 bits per heavy atom. The molecule has 0 aliphatic carbocycles. The van der Waals surface area contributed by atoms with Crippen LogP contribution in [0.3, 0.4) is 0 Å². The molecule has 0 spiro atoms. The quantitative estimate of drug-likeness (QED) is 0.670. The van der Waals surface area contributed by atoms with E-state index in [2.05, 4.69) is 10.1 Å². The van der Waals surface area contributed by atoms with Gasteiger partial charge in [-0.15, -0.1) is 11.3 Å². The minimum absolute atomic E-state index is 0.0730. The van der Waals surface area contributed by atoms with Crippen LogP contribution in [0.5, 0.6) is 0 Å². The van der Waals surface area contributed by atoms with Gasteiger partial charge < -0.3 is 15.2 Å². The van der Waals surface area contributed by atoms with Crippen LogP contribution in [0.2, 0.25) is 0 Å². The lowest BCUT2D eigenvalue weighted by Gasteiger charge is -2.01. The first-order valence-electron chi connectivity index (χ1n) is 5.84. The molecule has 0 atom stereocenters. The lowest BCUT2D eigenvalue weighted by molar-refractivity contribution is -0.150. The number of carbonyl (C=O) groups excluding carboxylic acids is 2. The number of thiophene rings is 1. The van der Waals surface area contributed by atoms with E-state index in [9.17, 15) is 19.5 Å². The van der Waals surface area contributed by atoms with Crippen LogP contribution < -0.4 is 5.32 Å². The number of nitrogens with one attached hydrogen (secondary N) is 1. The van der Waals surface area contributed by atoms with E-state index in [1.165, 1.54) is 6.07 Å². The molecule has 1 aromatic heterocycles. The third-order valence-corrected chi connectivity index (χ3v) is 3.72. The SMILES string of the molecule is COC(=O)C(=O)Nc1sc(-c2ccccc2)cc1C(=O)O. The number of methoxy groups -OCH3 is 1. The van der Waals surface area contributed by atoms with Crippen molar-refractivity contribution in [2.45, 2.75) is 0 Å². The summed E-state index contributed by atoms with van der Waals surface area (Å²) < 4.78 is 4.28. The molecule has 0 bridgehead atoms. The molecular formula is C14H11NO5S. The number of ether oxygens (including phenoxy) is 1. The zero-order valence-electron chi connectivity index (χ0n) is 11.0. The first-order valence-corrected chi connectivity index (χ1v) is 6.66. The van der Waals surface area contributed by atoms with Gasteiger partial charge in [0, 0.05) is 4.88 Å². The third-order valence-electron chi connectivity index (χ3n) is 2.62. The molecule has 0 radical (unpaired) electrons. The van der Waals surface area contributed by atoms with Crippen molar-refractivity contribution in [2.75, 3.05) is 12.4 Å². The fourth-order valence-electron chi connectivity index (χ4n) is 1.63. The minimum Gasteiger partial charge on any atom is -0.478 e. The highest BCUT2D eigenvalue weighted by Crippen LogP contribution is 2.35. The molecule has 108 valence electrons. The van der Waals surface area contributed by atoms with Crippen LogP contribution in [0.25, 0.3) is 10.4 Å². The van der Waals surface area contributed by atoms with E-state index in [1.807, 2.05) is 30.3 Å². The van der Waals surface area contributed by atoms with Crippen LogP contribution in [0, 0.1) is 0 Å². The van der Waals surface area contributed by atoms with E-state index >= 15 is 0 Å². The number of esters is 1. The Kier molecular flexibility index (Phi) is 4.34. The topological polar surface area (TPSA) is 92.7 Å². The first-order chi connectivity index (χ1) is 10.0. The van der Waals surface area contributed by atoms with Crippen molar-refractivity contribution in [3.05, 3.63) is 42.0 Å². The smallest absolute Gasteiger partial charge is 0.396 e. The van der Waals surface area contributed by atoms with Crippen molar-refractivity contribution in [1.29, 1.82) is 0 Å². The average molecular weight is 305 g/mol. The molecule has 2 N–H and O–H groups in total. The van der Waals surface area contributed by atoms with Gasteiger partial charge in [0.2, 0.25) is 0 Å². The Bertz CT molecular complexity index is 693. The van der Waals surface area contributed by atoms with Gasteiger partial charge >= 0.3 is 17.8 Å². The van der Waals surface area contributed by atoms with E-state index in [4.69, 9.17) is 0 Å². The van der Waals surface area contributed by atoms with Crippen LogP contribution in [0.15, 0.2) is 36.4 Å². The van der Waals surface area contributed by atoms with Crippen LogP contribution in [-0.2, 0) is 14.3 Å². The fraction of sp³-hybridized carbons (Fsp3) is 0.0714. The molecule has 0 saturated heterocycles. The number of hydrogen-bond acceptors (Lipinski definition) is 5. The highest BCUT2D eigenvalue weighted by molar-refractivity contribution is 7.20. The molecule has 0 aliphatic rings. The summed E-state index contributed by atoms with van der Waals surface area (Å²) in [5.74, 6) is -3.28. The Balaban J connectivity index is 2.37. The second-order valence-corrected chi connectivity index (χ2v) is 5.02. The molecule has 1 aromatic carbocycles. The number of rotatable bonds is 3. The van der Waals surface area contributed by atoms with Crippen LogP contribution in [0.4, 0.5) is 5.00 Å². The Hall–Kier alpha value is -2.67. The van der Waals surface area contributed by atoms with Crippen molar-refractivity contribution in [1.82, 2.24) is 0 Å². The van der Waals surface area contributed by atoms with Crippen molar-refractivity contribution in [2.24, 2.45) is 0 Å². The number of aromatic carboxylic acids is 1. The average Bonchev–Trinajstić information content (AvgIpc) is 2.91. The standard InChI is InChI=1S/C14H11NO5S/c1-20-14(19)11(16)15-12-9(13(17)18)7-10(21-12)8-5-3-2-4-6-8/h2-7H,1H3,(H,15,16)(H,17,18). The summed E-state index contributed by atoms with van der Waals surface area (Å²) in [4.78, 5) is 34.5. The third kappa shape index (κ3) is 3.26. The predicted molar refractivity (Wildman–Crippen MR) is 77.4 cm³/mol. The summed E-state index contributed by atoms with van der Waals surface area (Å²) in [6.45, 7) is 0.